The molecule has 25 heavy (non-hydrogen) atoms. The van der Waals surface area contributed by atoms with Crippen LogP contribution in [0.1, 0.15) is 36.1 Å². The van der Waals surface area contributed by atoms with Crippen molar-refractivity contribution in [2.45, 2.75) is 27.2 Å². The number of anilines is 1. The molecule has 0 aromatic heterocycles. The van der Waals surface area contributed by atoms with E-state index in [4.69, 9.17) is 4.74 Å². The minimum Gasteiger partial charge on any atom is -0.496 e. The fourth-order valence-electron chi connectivity index (χ4n) is 3.29. The average molecular weight is 337 g/mol. The molecule has 0 heterocycles. The first-order valence-corrected chi connectivity index (χ1v) is 8.55. The Hall–Kier alpha value is -2.55. The maximum Gasteiger partial charge on any atom is 0.151 e. The largest absolute Gasteiger partial charge is 0.496 e. The fraction of sp³-hybridized carbons (Fsp3) is 0.318. The lowest BCUT2D eigenvalue weighted by molar-refractivity contribution is -0.103. The molecule has 0 N–H and O–H groups in total. The summed E-state index contributed by atoms with van der Waals surface area (Å²) in [6, 6.07) is 12.2. The third-order valence-corrected chi connectivity index (χ3v) is 4.65. The van der Waals surface area contributed by atoms with Crippen molar-refractivity contribution in [3.05, 3.63) is 58.7 Å². The van der Waals surface area contributed by atoms with E-state index in [-0.39, 0.29) is 0 Å². The van der Waals surface area contributed by atoms with E-state index in [0.29, 0.717) is 5.57 Å². The molecule has 132 valence electrons. The summed E-state index contributed by atoms with van der Waals surface area (Å²) in [5.41, 5.74) is 6.93. The molecule has 3 nitrogen and oxygen atoms in total. The maximum absolute atomic E-state index is 12.0. The average Bonchev–Trinajstić information content (AvgIpc) is 2.62. The van der Waals surface area contributed by atoms with Gasteiger partial charge in [0, 0.05) is 36.5 Å². The van der Waals surface area contributed by atoms with Gasteiger partial charge in [-0.15, -0.1) is 0 Å². The summed E-state index contributed by atoms with van der Waals surface area (Å²) < 4.78 is 5.69. The number of nitrogens with zero attached hydrogens (tertiary/aromatic N) is 1. The number of allylic oxidation sites excluding steroid dienone is 2. The van der Waals surface area contributed by atoms with E-state index in [0.717, 1.165) is 46.4 Å². The van der Waals surface area contributed by atoms with Gasteiger partial charge in [-0.2, -0.15) is 0 Å². The fourth-order valence-corrected chi connectivity index (χ4v) is 3.29. The van der Waals surface area contributed by atoms with Crippen LogP contribution in [0.25, 0.3) is 11.1 Å². The van der Waals surface area contributed by atoms with Crippen LogP contribution in [0, 0.1) is 6.92 Å². The van der Waals surface area contributed by atoms with Gasteiger partial charge in [-0.1, -0.05) is 37.3 Å². The van der Waals surface area contributed by atoms with Gasteiger partial charge in [0.15, 0.2) is 6.29 Å². The molecule has 0 aliphatic carbocycles. The zero-order chi connectivity index (χ0) is 18.6. The summed E-state index contributed by atoms with van der Waals surface area (Å²) in [4.78, 5) is 14.1. The van der Waals surface area contributed by atoms with Gasteiger partial charge in [0.2, 0.25) is 0 Å². The second-order valence-corrected chi connectivity index (χ2v) is 6.36. The lowest BCUT2D eigenvalue weighted by Crippen LogP contribution is -2.11. The second kappa shape index (κ2) is 8.02. The number of rotatable bonds is 6. The van der Waals surface area contributed by atoms with Gasteiger partial charge in [-0.25, -0.2) is 0 Å². The third-order valence-electron chi connectivity index (χ3n) is 4.65. The number of carbonyl (C=O) groups is 1. The van der Waals surface area contributed by atoms with Crippen LogP contribution in [0.2, 0.25) is 0 Å². The van der Waals surface area contributed by atoms with Gasteiger partial charge in [0.25, 0.3) is 0 Å². The van der Waals surface area contributed by atoms with Crippen molar-refractivity contribution in [2.75, 3.05) is 26.1 Å². The van der Waals surface area contributed by atoms with Gasteiger partial charge in [-0.05, 0) is 43.0 Å². The SMILES string of the molecule is CCc1c(C)ccc(/C(C=O)=C(\C)c2ccccc2N(C)C)c1OC. The molecule has 0 amide bonds. The van der Waals surface area contributed by atoms with Crippen LogP contribution in [0.15, 0.2) is 36.4 Å². The quantitative estimate of drug-likeness (QED) is 0.432. The van der Waals surface area contributed by atoms with Crippen molar-refractivity contribution < 1.29 is 9.53 Å². The molecule has 0 saturated carbocycles. The molecule has 2 aromatic carbocycles. The summed E-state index contributed by atoms with van der Waals surface area (Å²) in [6.07, 6.45) is 1.80. The van der Waals surface area contributed by atoms with E-state index in [9.17, 15) is 4.79 Å². The molecule has 0 spiro atoms. The molecule has 0 aliphatic rings. The van der Waals surface area contributed by atoms with Crippen LogP contribution in [0.5, 0.6) is 5.75 Å². The predicted molar refractivity (Wildman–Crippen MR) is 106 cm³/mol. The molecule has 0 bridgehead atoms. The molecular weight excluding hydrogens is 310 g/mol. The monoisotopic (exact) mass is 337 g/mol. The van der Waals surface area contributed by atoms with Gasteiger partial charge in [0.05, 0.1) is 7.11 Å². The highest BCUT2D eigenvalue weighted by molar-refractivity contribution is 6.18. The molecule has 0 atom stereocenters. The van der Waals surface area contributed by atoms with E-state index >= 15 is 0 Å². The van der Waals surface area contributed by atoms with E-state index in [1.165, 1.54) is 5.56 Å². The number of carbonyl (C=O) groups excluding carboxylic acids is 1. The molecule has 3 heteroatoms. The lowest BCUT2D eigenvalue weighted by Gasteiger charge is -2.20. The summed E-state index contributed by atoms with van der Waals surface area (Å²) >= 11 is 0. The molecule has 0 radical (unpaired) electrons. The Bertz CT molecular complexity index is 804. The smallest absolute Gasteiger partial charge is 0.151 e. The molecule has 0 fully saturated rings. The predicted octanol–water partition coefficient (Wildman–Crippen LogP) is 4.76. The van der Waals surface area contributed by atoms with Crippen molar-refractivity contribution in [2.24, 2.45) is 0 Å². The highest BCUT2D eigenvalue weighted by Gasteiger charge is 2.18. The number of methoxy groups -OCH3 is 1. The minimum atomic E-state index is 0.667. The van der Waals surface area contributed by atoms with E-state index in [1.54, 1.807) is 7.11 Å². The van der Waals surface area contributed by atoms with Gasteiger partial charge >= 0.3 is 0 Å². The number of hydrogen-bond acceptors (Lipinski definition) is 3. The van der Waals surface area contributed by atoms with E-state index in [1.807, 2.05) is 39.2 Å². The first-order chi connectivity index (χ1) is 12.0. The molecule has 0 aliphatic heterocycles. The number of hydrogen-bond donors (Lipinski definition) is 0. The number of para-hydroxylation sites is 1. The van der Waals surface area contributed by atoms with Crippen LogP contribution in [-0.4, -0.2) is 27.5 Å². The minimum absolute atomic E-state index is 0.667. The molecular formula is C22H27NO2. The number of aldehydes is 1. The van der Waals surface area contributed by atoms with Gasteiger partial charge in [-0.3, -0.25) is 4.79 Å². The molecule has 2 aromatic rings. The van der Waals surface area contributed by atoms with Crippen LogP contribution < -0.4 is 9.64 Å². The molecule has 2 rings (SSSR count). The van der Waals surface area contributed by atoms with Crippen molar-refractivity contribution in [1.29, 1.82) is 0 Å². The van der Waals surface area contributed by atoms with E-state index < -0.39 is 0 Å². The number of benzene rings is 2. The first kappa shape index (κ1) is 18.8. The third kappa shape index (κ3) is 3.60. The Balaban J connectivity index is 2.76. The number of aryl methyl sites for hydroxylation is 1. The topological polar surface area (TPSA) is 29.5 Å². The second-order valence-electron chi connectivity index (χ2n) is 6.36. The highest BCUT2D eigenvalue weighted by atomic mass is 16.5. The molecule has 0 saturated heterocycles. The van der Waals surface area contributed by atoms with Crippen molar-refractivity contribution in [3.63, 3.8) is 0 Å². The highest BCUT2D eigenvalue weighted by Crippen LogP contribution is 2.37. The Morgan fingerprint density at radius 1 is 1.12 bits per heavy atom. The Kier molecular flexibility index (Phi) is 6.02. The van der Waals surface area contributed by atoms with Crippen LogP contribution in [0.3, 0.4) is 0 Å². The van der Waals surface area contributed by atoms with Gasteiger partial charge < -0.3 is 9.64 Å². The Morgan fingerprint density at radius 2 is 1.80 bits per heavy atom. The zero-order valence-electron chi connectivity index (χ0n) is 16.0. The normalized spacial score (nSPS) is 11.8. The summed E-state index contributed by atoms with van der Waals surface area (Å²) in [7, 11) is 5.69. The van der Waals surface area contributed by atoms with Gasteiger partial charge in [0.1, 0.15) is 5.75 Å². The summed E-state index contributed by atoms with van der Waals surface area (Å²) in [5, 5.41) is 0. The maximum atomic E-state index is 12.0. The Labute approximate surface area is 150 Å². The zero-order valence-corrected chi connectivity index (χ0v) is 16.0. The van der Waals surface area contributed by atoms with E-state index in [2.05, 4.69) is 36.9 Å². The Morgan fingerprint density at radius 3 is 2.36 bits per heavy atom. The lowest BCUT2D eigenvalue weighted by atomic mass is 9.91. The first-order valence-electron chi connectivity index (χ1n) is 8.55. The van der Waals surface area contributed by atoms with Crippen LogP contribution in [-0.2, 0) is 11.2 Å². The van der Waals surface area contributed by atoms with Crippen LogP contribution >= 0.6 is 0 Å². The summed E-state index contributed by atoms with van der Waals surface area (Å²) in [5.74, 6) is 0.797. The van der Waals surface area contributed by atoms with Crippen molar-refractivity contribution >= 4 is 23.1 Å². The van der Waals surface area contributed by atoms with Crippen molar-refractivity contribution in [3.8, 4) is 5.75 Å². The molecule has 0 unspecified atom stereocenters. The van der Waals surface area contributed by atoms with Crippen molar-refractivity contribution in [1.82, 2.24) is 0 Å². The van der Waals surface area contributed by atoms with Crippen LogP contribution in [0.4, 0.5) is 5.69 Å². The number of ether oxygens (including phenoxy) is 1. The summed E-state index contributed by atoms with van der Waals surface area (Å²) in [6.45, 7) is 6.17. The standard InChI is InChI=1S/C22H27NO2/c1-7-17-15(2)12-13-19(22(17)25-6)20(14-24)16(3)18-10-8-9-11-21(18)23(4)5/h8-14H,7H2,1-6H3/b20-16+.